The Labute approximate surface area is 218 Å². The Morgan fingerprint density at radius 1 is 0.824 bits per heavy atom. The number of unbranched alkanes of at least 4 members (excludes halogenated alkanes) is 12. The minimum absolute atomic E-state index is 0.136. The average molecular weight is 523 g/mol. The molecule has 1 aliphatic carbocycles. The van der Waals surface area contributed by atoms with Gasteiger partial charge in [0.1, 0.15) is 6.10 Å². The van der Waals surface area contributed by atoms with Crippen LogP contribution in [0.5, 0.6) is 0 Å². The Hall–Kier alpha value is -0.520. The lowest BCUT2D eigenvalue weighted by Gasteiger charge is -2.41. The number of hydrogen-bond acceptors (Lipinski definition) is 4. The summed E-state index contributed by atoms with van der Waals surface area (Å²) in [6.45, 7) is 3.47. The number of alkyl halides is 2. The molecule has 0 radical (unpaired) electrons. The molecule has 200 valence electrons. The summed E-state index contributed by atoms with van der Waals surface area (Å²) in [4.78, 5) is 26.5. The second kappa shape index (κ2) is 20.7. The van der Waals surface area contributed by atoms with Crippen LogP contribution in [0.4, 0.5) is 0 Å². The van der Waals surface area contributed by atoms with Crippen molar-refractivity contribution in [2.24, 2.45) is 5.92 Å². The SMILES string of the molecule is CCCCCCCCCCCCCCCC(=O)O[C@H]1[C@@H](C(=O)O)CCC[C@@H]1N(CCCl)CCCl. The first kappa shape index (κ1) is 31.5. The quantitative estimate of drug-likeness (QED) is 0.0966. The monoisotopic (exact) mass is 521 g/mol. The summed E-state index contributed by atoms with van der Waals surface area (Å²) in [5, 5.41) is 9.72. The highest BCUT2D eigenvalue weighted by Gasteiger charge is 2.42. The van der Waals surface area contributed by atoms with Gasteiger partial charge in [-0.15, -0.1) is 23.2 Å². The Balaban J connectivity index is 2.29. The van der Waals surface area contributed by atoms with Gasteiger partial charge in [0, 0.05) is 37.3 Å². The highest BCUT2D eigenvalue weighted by atomic mass is 35.5. The first-order chi connectivity index (χ1) is 16.5. The maximum Gasteiger partial charge on any atom is 0.310 e. The molecule has 34 heavy (non-hydrogen) atoms. The van der Waals surface area contributed by atoms with E-state index in [2.05, 4.69) is 11.8 Å². The zero-order chi connectivity index (χ0) is 25.0. The summed E-state index contributed by atoms with van der Waals surface area (Å²) in [6, 6.07) is -0.136. The molecular weight excluding hydrogens is 473 g/mol. The van der Waals surface area contributed by atoms with E-state index in [0.29, 0.717) is 37.7 Å². The molecule has 1 fully saturated rings. The smallest absolute Gasteiger partial charge is 0.310 e. The molecule has 7 heteroatoms. The van der Waals surface area contributed by atoms with Gasteiger partial charge in [-0.2, -0.15) is 0 Å². The molecule has 1 rings (SSSR count). The predicted molar refractivity (Wildman–Crippen MR) is 142 cm³/mol. The number of ether oxygens (including phenoxy) is 1. The van der Waals surface area contributed by atoms with Gasteiger partial charge in [0.15, 0.2) is 0 Å². The number of carbonyl (C=O) groups excluding carboxylic acids is 1. The van der Waals surface area contributed by atoms with Gasteiger partial charge in [0.05, 0.1) is 5.92 Å². The maximum absolute atomic E-state index is 12.6. The van der Waals surface area contributed by atoms with Gasteiger partial charge in [-0.05, 0) is 19.3 Å². The maximum atomic E-state index is 12.6. The van der Waals surface area contributed by atoms with E-state index in [1.54, 1.807) is 0 Å². The van der Waals surface area contributed by atoms with Gasteiger partial charge in [-0.25, -0.2) is 0 Å². The molecule has 0 aromatic heterocycles. The third-order valence-electron chi connectivity index (χ3n) is 7.07. The number of carboxylic acids is 1. The van der Waals surface area contributed by atoms with Crippen LogP contribution in [-0.2, 0) is 14.3 Å². The summed E-state index contributed by atoms with van der Waals surface area (Å²) in [6.07, 6.45) is 18.2. The minimum Gasteiger partial charge on any atom is -0.481 e. The molecule has 0 aliphatic heterocycles. The average Bonchev–Trinajstić information content (AvgIpc) is 2.82. The molecule has 0 unspecified atom stereocenters. The summed E-state index contributed by atoms with van der Waals surface area (Å²) in [7, 11) is 0. The summed E-state index contributed by atoms with van der Waals surface area (Å²) in [5.74, 6) is -0.958. The Kier molecular flexibility index (Phi) is 19.1. The normalized spacial score (nSPS) is 20.5. The number of aliphatic carboxylic acids is 1. The van der Waals surface area contributed by atoms with Crippen molar-refractivity contribution in [3.63, 3.8) is 0 Å². The van der Waals surface area contributed by atoms with Gasteiger partial charge >= 0.3 is 11.9 Å². The molecule has 1 saturated carbocycles. The number of esters is 1. The molecule has 1 aliphatic rings. The van der Waals surface area contributed by atoms with E-state index in [4.69, 9.17) is 27.9 Å². The molecule has 0 saturated heterocycles. The van der Waals surface area contributed by atoms with Crippen molar-refractivity contribution in [3.8, 4) is 0 Å². The second-order valence-electron chi connectivity index (χ2n) is 9.80. The van der Waals surface area contributed by atoms with Crippen LogP contribution in [-0.4, -0.2) is 58.9 Å². The molecule has 0 bridgehead atoms. The van der Waals surface area contributed by atoms with Gasteiger partial charge in [0.2, 0.25) is 0 Å². The van der Waals surface area contributed by atoms with Crippen molar-refractivity contribution in [2.75, 3.05) is 24.8 Å². The van der Waals surface area contributed by atoms with Crippen molar-refractivity contribution in [2.45, 2.75) is 128 Å². The van der Waals surface area contributed by atoms with Crippen molar-refractivity contribution in [1.82, 2.24) is 4.90 Å². The molecule has 1 N–H and O–H groups in total. The standard InChI is InChI=1S/C27H49Cl2NO4/c1-2-3-4-5-6-7-8-9-10-11-12-13-14-18-25(31)34-26-23(27(32)33)16-15-17-24(26)30(21-19-28)22-20-29/h23-24,26H,2-22H2,1H3,(H,32,33)/t23-,24-,26-/m0/s1. The topological polar surface area (TPSA) is 66.8 Å². The van der Waals surface area contributed by atoms with Crippen molar-refractivity contribution >= 4 is 35.1 Å². The van der Waals surface area contributed by atoms with E-state index in [1.165, 1.54) is 64.2 Å². The third kappa shape index (κ3) is 13.5. The van der Waals surface area contributed by atoms with Crippen LogP contribution in [0.25, 0.3) is 0 Å². The summed E-state index contributed by atoms with van der Waals surface area (Å²) >= 11 is 11.9. The van der Waals surface area contributed by atoms with E-state index in [0.717, 1.165) is 32.1 Å². The number of nitrogens with zero attached hydrogens (tertiary/aromatic N) is 1. The fourth-order valence-corrected chi connectivity index (χ4v) is 5.55. The van der Waals surface area contributed by atoms with E-state index in [9.17, 15) is 14.7 Å². The van der Waals surface area contributed by atoms with E-state index >= 15 is 0 Å². The first-order valence-corrected chi connectivity index (χ1v) is 14.9. The number of rotatable bonds is 21. The predicted octanol–water partition coefficient (Wildman–Crippen LogP) is 7.41. The molecule has 0 amide bonds. The second-order valence-corrected chi connectivity index (χ2v) is 10.6. The van der Waals surface area contributed by atoms with Crippen molar-refractivity contribution in [3.05, 3.63) is 0 Å². The van der Waals surface area contributed by atoms with Crippen LogP contribution in [0, 0.1) is 5.92 Å². The Morgan fingerprint density at radius 3 is 1.79 bits per heavy atom. The number of halogens is 2. The van der Waals surface area contributed by atoms with E-state index in [1.807, 2.05) is 0 Å². The third-order valence-corrected chi connectivity index (χ3v) is 7.41. The number of carboxylic acid groups (broad SMARTS) is 1. The van der Waals surface area contributed by atoms with E-state index in [-0.39, 0.29) is 12.0 Å². The van der Waals surface area contributed by atoms with Crippen molar-refractivity contribution in [1.29, 1.82) is 0 Å². The van der Waals surface area contributed by atoms with Crippen LogP contribution >= 0.6 is 23.2 Å². The zero-order valence-electron chi connectivity index (χ0n) is 21.5. The number of carbonyl (C=O) groups is 2. The largest absolute Gasteiger partial charge is 0.481 e. The molecule has 5 nitrogen and oxygen atoms in total. The lowest BCUT2D eigenvalue weighted by Crippen LogP contribution is -2.53. The van der Waals surface area contributed by atoms with Crippen LogP contribution < -0.4 is 0 Å². The van der Waals surface area contributed by atoms with Gasteiger partial charge in [-0.1, -0.05) is 90.4 Å². The lowest BCUT2D eigenvalue weighted by molar-refractivity contribution is -0.167. The lowest BCUT2D eigenvalue weighted by atomic mass is 9.82. The van der Waals surface area contributed by atoms with Crippen LogP contribution in [0.15, 0.2) is 0 Å². The molecule has 0 spiro atoms. The zero-order valence-corrected chi connectivity index (χ0v) is 23.0. The van der Waals surface area contributed by atoms with Gasteiger partial charge < -0.3 is 9.84 Å². The van der Waals surface area contributed by atoms with Gasteiger partial charge in [0.25, 0.3) is 0 Å². The van der Waals surface area contributed by atoms with Crippen LogP contribution in [0.1, 0.15) is 116 Å². The van der Waals surface area contributed by atoms with E-state index < -0.39 is 18.0 Å². The summed E-state index contributed by atoms with van der Waals surface area (Å²) in [5.41, 5.74) is 0. The molecule has 0 heterocycles. The molecular formula is C27H49Cl2NO4. The molecule has 0 aromatic rings. The van der Waals surface area contributed by atoms with Crippen LogP contribution in [0.3, 0.4) is 0 Å². The summed E-state index contributed by atoms with van der Waals surface area (Å²) < 4.78 is 5.81. The molecule has 0 aromatic carbocycles. The highest BCUT2D eigenvalue weighted by molar-refractivity contribution is 6.18. The van der Waals surface area contributed by atoms with Crippen LogP contribution in [0.2, 0.25) is 0 Å². The fraction of sp³-hybridized carbons (Fsp3) is 0.926. The highest BCUT2D eigenvalue weighted by Crippen LogP contribution is 2.31. The fourth-order valence-electron chi connectivity index (χ4n) is 5.12. The Morgan fingerprint density at radius 2 is 1.32 bits per heavy atom. The molecule has 3 atom stereocenters. The first-order valence-electron chi connectivity index (χ1n) is 13.8. The van der Waals surface area contributed by atoms with Gasteiger partial charge in [-0.3, -0.25) is 14.5 Å². The Bertz CT molecular complexity index is 529. The minimum atomic E-state index is -0.889. The number of hydrogen-bond donors (Lipinski definition) is 1. The van der Waals surface area contributed by atoms with Crippen molar-refractivity contribution < 1.29 is 19.4 Å².